The first kappa shape index (κ1) is 26.0. The Labute approximate surface area is 194 Å². The second-order valence-corrected chi connectivity index (χ2v) is 7.70. The Kier molecular flexibility index (Phi) is 12.6. The second-order valence-electron chi connectivity index (χ2n) is 7.70. The molecule has 6 nitrogen and oxygen atoms in total. The highest BCUT2D eigenvalue weighted by atomic mass is 127. The van der Waals surface area contributed by atoms with Gasteiger partial charge in [-0.3, -0.25) is 4.99 Å². The van der Waals surface area contributed by atoms with Gasteiger partial charge in [0.1, 0.15) is 5.75 Å². The molecule has 1 aliphatic heterocycles. The summed E-state index contributed by atoms with van der Waals surface area (Å²) in [4.78, 5) is 11.7. The number of nitrogens with one attached hydrogen (secondary N) is 1. The molecule has 29 heavy (non-hydrogen) atoms. The third-order valence-corrected chi connectivity index (χ3v) is 5.32. The molecule has 2 rings (SSSR count). The average molecular weight is 518 g/mol. The van der Waals surface area contributed by atoms with Crippen molar-refractivity contribution in [1.29, 1.82) is 0 Å². The van der Waals surface area contributed by atoms with Crippen LogP contribution in [0.15, 0.2) is 29.3 Å². The standard InChI is InChI=1S/C22H39N5O.HI/c1-6-26-12-14-27(15-13-26)17-19(3)16-24-22(23-4)25(5)18-20-8-10-21(11-9-20)28-7-2;/h8-11,19H,6-7,12-18H2,1-5H3,(H,23,24);1H. The molecular formula is C22H40IN5O. The van der Waals surface area contributed by atoms with E-state index >= 15 is 0 Å². The number of halogens is 1. The summed E-state index contributed by atoms with van der Waals surface area (Å²) < 4.78 is 5.52. The van der Waals surface area contributed by atoms with Crippen LogP contribution in [0.3, 0.4) is 0 Å². The van der Waals surface area contributed by atoms with E-state index in [-0.39, 0.29) is 24.0 Å². The van der Waals surface area contributed by atoms with E-state index in [2.05, 4.69) is 58.0 Å². The Balaban J connectivity index is 0.00000420. The number of guanidine groups is 1. The van der Waals surface area contributed by atoms with Crippen LogP contribution in [0.1, 0.15) is 26.3 Å². The number of ether oxygens (including phenoxy) is 1. The highest BCUT2D eigenvalue weighted by molar-refractivity contribution is 14.0. The Morgan fingerprint density at radius 1 is 1.14 bits per heavy atom. The van der Waals surface area contributed by atoms with E-state index in [1.54, 1.807) is 0 Å². The van der Waals surface area contributed by atoms with Gasteiger partial charge in [-0.2, -0.15) is 0 Å². The third kappa shape index (κ3) is 9.09. The molecule has 0 aromatic heterocycles. The first-order valence-electron chi connectivity index (χ1n) is 10.6. The van der Waals surface area contributed by atoms with Gasteiger partial charge in [0.15, 0.2) is 5.96 Å². The molecule has 1 heterocycles. The summed E-state index contributed by atoms with van der Waals surface area (Å²) in [6, 6.07) is 8.30. The van der Waals surface area contributed by atoms with Crippen LogP contribution in [-0.2, 0) is 6.54 Å². The zero-order valence-electron chi connectivity index (χ0n) is 18.9. The molecule has 1 fully saturated rings. The molecule has 0 saturated carbocycles. The van der Waals surface area contributed by atoms with Crippen molar-refractivity contribution >= 4 is 29.9 Å². The summed E-state index contributed by atoms with van der Waals surface area (Å²) in [5.41, 5.74) is 1.25. The minimum absolute atomic E-state index is 0. The lowest BCUT2D eigenvalue weighted by Crippen LogP contribution is -2.48. The maximum Gasteiger partial charge on any atom is 0.193 e. The van der Waals surface area contributed by atoms with Crippen LogP contribution in [-0.4, -0.2) is 87.2 Å². The molecule has 0 spiro atoms. The smallest absolute Gasteiger partial charge is 0.193 e. The summed E-state index contributed by atoms with van der Waals surface area (Å²) >= 11 is 0. The van der Waals surface area contributed by atoms with E-state index in [0.717, 1.165) is 31.3 Å². The zero-order valence-corrected chi connectivity index (χ0v) is 21.2. The molecule has 1 aromatic rings. The Hall–Kier alpha value is -1.06. The van der Waals surface area contributed by atoms with Gasteiger partial charge in [-0.1, -0.05) is 26.0 Å². The van der Waals surface area contributed by atoms with Crippen molar-refractivity contribution < 1.29 is 4.74 Å². The number of hydrogen-bond acceptors (Lipinski definition) is 4. The van der Waals surface area contributed by atoms with Gasteiger partial charge in [-0.15, -0.1) is 24.0 Å². The van der Waals surface area contributed by atoms with E-state index in [1.165, 1.54) is 38.3 Å². The van der Waals surface area contributed by atoms with E-state index in [4.69, 9.17) is 4.74 Å². The van der Waals surface area contributed by atoms with Crippen LogP contribution in [0, 0.1) is 5.92 Å². The first-order valence-corrected chi connectivity index (χ1v) is 10.6. The number of nitrogens with zero attached hydrogens (tertiary/aromatic N) is 4. The molecule has 1 saturated heterocycles. The molecule has 1 aromatic carbocycles. The van der Waals surface area contributed by atoms with Crippen LogP contribution in [0.2, 0.25) is 0 Å². The van der Waals surface area contributed by atoms with Crippen molar-refractivity contribution in [2.45, 2.75) is 27.3 Å². The topological polar surface area (TPSA) is 43.3 Å². The molecule has 0 radical (unpaired) electrons. The van der Waals surface area contributed by atoms with Crippen molar-refractivity contribution in [3.8, 4) is 5.75 Å². The molecule has 1 atom stereocenters. The predicted molar refractivity (Wildman–Crippen MR) is 134 cm³/mol. The number of benzene rings is 1. The second kappa shape index (κ2) is 14.0. The average Bonchev–Trinajstić information content (AvgIpc) is 2.70. The Morgan fingerprint density at radius 3 is 2.31 bits per heavy atom. The highest BCUT2D eigenvalue weighted by Crippen LogP contribution is 2.13. The number of likely N-dealkylation sites (N-methyl/N-ethyl adjacent to an activating group) is 1. The van der Waals surface area contributed by atoms with Gasteiger partial charge >= 0.3 is 0 Å². The zero-order chi connectivity index (χ0) is 20.4. The van der Waals surface area contributed by atoms with E-state index in [0.29, 0.717) is 12.5 Å². The molecule has 0 aliphatic carbocycles. The lowest BCUT2D eigenvalue weighted by molar-refractivity contribution is 0.124. The summed E-state index contributed by atoms with van der Waals surface area (Å²) in [5, 5.41) is 3.54. The summed E-state index contributed by atoms with van der Waals surface area (Å²) in [6.45, 7) is 16.1. The molecule has 1 unspecified atom stereocenters. The fraction of sp³-hybridized carbons (Fsp3) is 0.682. The van der Waals surface area contributed by atoms with Crippen molar-refractivity contribution in [2.75, 3.05) is 66.5 Å². The number of hydrogen-bond donors (Lipinski definition) is 1. The first-order chi connectivity index (χ1) is 13.5. The summed E-state index contributed by atoms with van der Waals surface area (Å²) in [6.07, 6.45) is 0. The molecule has 7 heteroatoms. The van der Waals surface area contributed by atoms with Crippen LogP contribution in [0.5, 0.6) is 5.75 Å². The fourth-order valence-corrected chi connectivity index (χ4v) is 3.65. The van der Waals surface area contributed by atoms with Crippen molar-refractivity contribution in [3.05, 3.63) is 29.8 Å². The van der Waals surface area contributed by atoms with Gasteiger partial charge in [0.25, 0.3) is 0 Å². The quantitative estimate of drug-likeness (QED) is 0.310. The monoisotopic (exact) mass is 517 g/mol. The normalized spacial score (nSPS) is 16.8. The number of rotatable bonds is 9. The SMILES string of the molecule is CCOc1ccc(CN(C)C(=NC)NCC(C)CN2CCN(CC)CC2)cc1.I. The number of piperazine rings is 1. The fourth-order valence-electron chi connectivity index (χ4n) is 3.65. The Morgan fingerprint density at radius 2 is 1.76 bits per heavy atom. The molecule has 1 aliphatic rings. The highest BCUT2D eigenvalue weighted by Gasteiger charge is 2.17. The van der Waals surface area contributed by atoms with Crippen LogP contribution >= 0.6 is 24.0 Å². The minimum Gasteiger partial charge on any atom is -0.494 e. The predicted octanol–water partition coefficient (Wildman–Crippen LogP) is 2.98. The van der Waals surface area contributed by atoms with Gasteiger partial charge in [-0.05, 0) is 37.1 Å². The van der Waals surface area contributed by atoms with Crippen molar-refractivity contribution in [1.82, 2.24) is 20.0 Å². The van der Waals surface area contributed by atoms with E-state index in [9.17, 15) is 0 Å². The van der Waals surface area contributed by atoms with Gasteiger partial charge in [0.05, 0.1) is 6.61 Å². The van der Waals surface area contributed by atoms with Crippen LogP contribution in [0.4, 0.5) is 0 Å². The molecule has 1 N–H and O–H groups in total. The largest absolute Gasteiger partial charge is 0.494 e. The summed E-state index contributed by atoms with van der Waals surface area (Å²) in [7, 11) is 3.94. The van der Waals surface area contributed by atoms with E-state index < -0.39 is 0 Å². The van der Waals surface area contributed by atoms with Crippen molar-refractivity contribution in [2.24, 2.45) is 10.9 Å². The maximum absolute atomic E-state index is 5.52. The third-order valence-electron chi connectivity index (χ3n) is 5.32. The van der Waals surface area contributed by atoms with Gasteiger partial charge in [-0.25, -0.2) is 0 Å². The van der Waals surface area contributed by atoms with Gasteiger partial charge in [0.2, 0.25) is 0 Å². The maximum atomic E-state index is 5.52. The van der Waals surface area contributed by atoms with Crippen LogP contribution in [0.25, 0.3) is 0 Å². The molecule has 0 amide bonds. The molecule has 166 valence electrons. The lowest BCUT2D eigenvalue weighted by Gasteiger charge is -2.35. The molecule has 0 bridgehead atoms. The van der Waals surface area contributed by atoms with Crippen molar-refractivity contribution in [3.63, 3.8) is 0 Å². The van der Waals surface area contributed by atoms with Gasteiger partial charge < -0.3 is 24.8 Å². The molecular weight excluding hydrogens is 477 g/mol. The lowest BCUT2D eigenvalue weighted by atomic mass is 10.1. The summed E-state index contributed by atoms with van der Waals surface area (Å²) in [5.74, 6) is 2.45. The van der Waals surface area contributed by atoms with Gasteiger partial charge in [0, 0.05) is 59.9 Å². The Bertz CT molecular complexity index is 587. The van der Waals surface area contributed by atoms with E-state index in [1.807, 2.05) is 26.1 Å². The van der Waals surface area contributed by atoms with Crippen LogP contribution < -0.4 is 10.1 Å². The minimum atomic E-state index is 0. The number of aliphatic imine (C=N–C) groups is 1.